The Balaban J connectivity index is 1.62. The van der Waals surface area contributed by atoms with Crippen LogP contribution in [0.3, 0.4) is 0 Å². The van der Waals surface area contributed by atoms with Crippen molar-refractivity contribution in [1.82, 2.24) is 5.43 Å². The highest BCUT2D eigenvalue weighted by Gasteiger charge is 2.11. The SMILES string of the molecule is CC(/C=N\NC(=O)c1ccccc1OCc1ccc(Cl)cc1)=C/c1ccccc1. The number of rotatable bonds is 7. The summed E-state index contributed by atoms with van der Waals surface area (Å²) >= 11 is 5.90. The highest BCUT2D eigenvalue weighted by atomic mass is 35.5. The minimum atomic E-state index is -0.333. The molecular formula is C24H21ClN2O2. The second kappa shape index (κ2) is 10.2. The number of allylic oxidation sites excluding steroid dienone is 1. The summed E-state index contributed by atoms with van der Waals surface area (Å²) in [5, 5.41) is 4.72. The van der Waals surface area contributed by atoms with E-state index in [0.717, 1.165) is 16.7 Å². The van der Waals surface area contributed by atoms with Crippen molar-refractivity contribution in [3.05, 3.63) is 106 Å². The fourth-order valence-corrected chi connectivity index (χ4v) is 2.75. The summed E-state index contributed by atoms with van der Waals surface area (Å²) in [7, 11) is 0. The molecule has 0 aliphatic rings. The number of carbonyl (C=O) groups is 1. The van der Waals surface area contributed by atoms with E-state index in [0.29, 0.717) is 22.9 Å². The Labute approximate surface area is 175 Å². The van der Waals surface area contributed by atoms with Crippen molar-refractivity contribution in [1.29, 1.82) is 0 Å². The molecule has 0 saturated carbocycles. The maximum Gasteiger partial charge on any atom is 0.275 e. The predicted molar refractivity (Wildman–Crippen MR) is 118 cm³/mol. The van der Waals surface area contributed by atoms with E-state index in [9.17, 15) is 4.79 Å². The number of nitrogens with one attached hydrogen (secondary N) is 1. The Kier molecular flexibility index (Phi) is 7.20. The lowest BCUT2D eigenvalue weighted by molar-refractivity contribution is 0.0950. The van der Waals surface area contributed by atoms with Crippen LogP contribution in [0.4, 0.5) is 0 Å². The van der Waals surface area contributed by atoms with Gasteiger partial charge in [-0.3, -0.25) is 4.79 Å². The third-order valence-electron chi connectivity index (χ3n) is 4.07. The van der Waals surface area contributed by atoms with Crippen molar-refractivity contribution >= 4 is 29.8 Å². The molecule has 3 aromatic rings. The minimum absolute atomic E-state index is 0.333. The van der Waals surface area contributed by atoms with Gasteiger partial charge in [0.1, 0.15) is 12.4 Å². The van der Waals surface area contributed by atoms with Crippen LogP contribution in [0.25, 0.3) is 6.08 Å². The zero-order chi connectivity index (χ0) is 20.5. The standard InChI is InChI=1S/C24H21ClN2O2/c1-18(15-19-7-3-2-4-8-19)16-26-27-24(28)22-9-5-6-10-23(22)29-17-20-11-13-21(25)14-12-20/h2-16H,17H2,1H3,(H,27,28)/b18-15-,26-16-. The van der Waals surface area contributed by atoms with Crippen LogP contribution in [0.1, 0.15) is 28.4 Å². The van der Waals surface area contributed by atoms with E-state index in [1.165, 1.54) is 0 Å². The van der Waals surface area contributed by atoms with Crippen molar-refractivity contribution in [3.63, 3.8) is 0 Å². The molecular weight excluding hydrogens is 384 g/mol. The molecule has 5 heteroatoms. The van der Waals surface area contributed by atoms with Gasteiger partial charge in [-0.15, -0.1) is 0 Å². The maximum absolute atomic E-state index is 12.5. The summed E-state index contributed by atoms with van der Waals surface area (Å²) in [5.41, 5.74) is 5.93. The lowest BCUT2D eigenvalue weighted by Crippen LogP contribution is -2.18. The number of hydrazone groups is 1. The van der Waals surface area contributed by atoms with Crippen LogP contribution in [0, 0.1) is 0 Å². The summed E-state index contributed by atoms with van der Waals surface area (Å²) in [5.74, 6) is 0.159. The number of ether oxygens (including phenoxy) is 1. The van der Waals surface area contributed by atoms with Gasteiger partial charge in [0.15, 0.2) is 0 Å². The summed E-state index contributed by atoms with van der Waals surface area (Å²) in [4.78, 5) is 12.5. The van der Waals surface area contributed by atoms with Crippen LogP contribution in [0.5, 0.6) is 5.75 Å². The van der Waals surface area contributed by atoms with Gasteiger partial charge in [0.25, 0.3) is 5.91 Å². The lowest BCUT2D eigenvalue weighted by atomic mass is 10.1. The number of nitrogens with zero attached hydrogens (tertiary/aromatic N) is 1. The molecule has 1 amide bonds. The zero-order valence-corrected chi connectivity index (χ0v) is 16.8. The van der Waals surface area contributed by atoms with Crippen LogP contribution in [-0.2, 0) is 6.61 Å². The van der Waals surface area contributed by atoms with Crippen molar-refractivity contribution in [2.75, 3.05) is 0 Å². The van der Waals surface area contributed by atoms with Crippen LogP contribution < -0.4 is 10.2 Å². The Morgan fingerprint density at radius 1 is 1.00 bits per heavy atom. The molecule has 4 nitrogen and oxygen atoms in total. The fraction of sp³-hybridized carbons (Fsp3) is 0.0833. The second-order valence-corrected chi connectivity index (χ2v) is 6.85. The normalized spacial score (nSPS) is 11.4. The van der Waals surface area contributed by atoms with E-state index in [4.69, 9.17) is 16.3 Å². The molecule has 3 aromatic carbocycles. The van der Waals surface area contributed by atoms with Gasteiger partial charge in [-0.2, -0.15) is 5.10 Å². The average molecular weight is 405 g/mol. The number of para-hydroxylation sites is 1. The van der Waals surface area contributed by atoms with Gasteiger partial charge in [0.2, 0.25) is 0 Å². The first-order chi connectivity index (χ1) is 14.1. The molecule has 29 heavy (non-hydrogen) atoms. The van der Waals surface area contributed by atoms with Gasteiger partial charge in [-0.05, 0) is 47.9 Å². The minimum Gasteiger partial charge on any atom is -0.488 e. The molecule has 0 aliphatic heterocycles. The number of hydrogen-bond acceptors (Lipinski definition) is 3. The van der Waals surface area contributed by atoms with Crippen molar-refractivity contribution in [2.24, 2.45) is 5.10 Å². The zero-order valence-electron chi connectivity index (χ0n) is 16.0. The maximum atomic E-state index is 12.5. The quantitative estimate of drug-likeness (QED) is 0.403. The molecule has 0 spiro atoms. The van der Waals surface area contributed by atoms with E-state index < -0.39 is 0 Å². The molecule has 146 valence electrons. The van der Waals surface area contributed by atoms with Gasteiger partial charge in [-0.1, -0.05) is 72.3 Å². The van der Waals surface area contributed by atoms with Crippen LogP contribution in [0.15, 0.2) is 89.5 Å². The molecule has 0 bridgehead atoms. The first-order valence-corrected chi connectivity index (χ1v) is 9.52. The summed E-state index contributed by atoms with van der Waals surface area (Å²) in [6.45, 7) is 2.26. The van der Waals surface area contributed by atoms with E-state index >= 15 is 0 Å². The Hall–Kier alpha value is -3.37. The highest BCUT2D eigenvalue weighted by molar-refractivity contribution is 6.30. The van der Waals surface area contributed by atoms with Crippen molar-refractivity contribution < 1.29 is 9.53 Å². The summed E-state index contributed by atoms with van der Waals surface area (Å²) in [6, 6.07) is 24.4. The van der Waals surface area contributed by atoms with Gasteiger partial charge in [0.05, 0.1) is 11.8 Å². The van der Waals surface area contributed by atoms with Gasteiger partial charge in [0, 0.05) is 5.02 Å². The lowest BCUT2D eigenvalue weighted by Gasteiger charge is -2.10. The molecule has 0 radical (unpaired) electrons. The molecule has 3 rings (SSSR count). The molecule has 0 fully saturated rings. The fourth-order valence-electron chi connectivity index (χ4n) is 2.62. The van der Waals surface area contributed by atoms with Crippen LogP contribution >= 0.6 is 11.6 Å². The molecule has 0 aromatic heterocycles. The summed E-state index contributed by atoms with van der Waals surface area (Å²) in [6.07, 6.45) is 3.60. The molecule has 0 unspecified atom stereocenters. The van der Waals surface area contributed by atoms with E-state index in [-0.39, 0.29) is 5.91 Å². The monoisotopic (exact) mass is 404 g/mol. The summed E-state index contributed by atoms with van der Waals surface area (Å²) < 4.78 is 5.82. The molecule has 0 aliphatic carbocycles. The molecule has 0 heterocycles. The van der Waals surface area contributed by atoms with Gasteiger partial charge < -0.3 is 4.74 Å². The molecule has 0 saturated heterocycles. The second-order valence-electron chi connectivity index (χ2n) is 6.41. The highest BCUT2D eigenvalue weighted by Crippen LogP contribution is 2.20. The number of benzene rings is 3. The largest absolute Gasteiger partial charge is 0.488 e. The average Bonchev–Trinajstić information content (AvgIpc) is 2.74. The van der Waals surface area contributed by atoms with Crippen LogP contribution in [-0.4, -0.2) is 12.1 Å². The van der Waals surface area contributed by atoms with E-state index in [2.05, 4.69) is 10.5 Å². The van der Waals surface area contributed by atoms with E-state index in [1.807, 2.05) is 61.5 Å². The Bertz CT molecular complexity index is 1010. The predicted octanol–water partition coefficient (Wildman–Crippen LogP) is 5.74. The smallest absolute Gasteiger partial charge is 0.275 e. The first-order valence-electron chi connectivity index (χ1n) is 9.15. The topological polar surface area (TPSA) is 50.7 Å². The van der Waals surface area contributed by atoms with Crippen molar-refractivity contribution in [3.8, 4) is 5.75 Å². The third kappa shape index (κ3) is 6.33. The van der Waals surface area contributed by atoms with Crippen LogP contribution in [0.2, 0.25) is 5.02 Å². The number of carbonyl (C=O) groups excluding carboxylic acids is 1. The molecule has 0 atom stereocenters. The first kappa shape index (κ1) is 20.4. The number of halogens is 1. The van der Waals surface area contributed by atoms with Gasteiger partial charge >= 0.3 is 0 Å². The molecule has 1 N–H and O–H groups in total. The van der Waals surface area contributed by atoms with E-state index in [1.54, 1.807) is 36.5 Å². The van der Waals surface area contributed by atoms with Crippen molar-refractivity contribution in [2.45, 2.75) is 13.5 Å². The number of hydrogen-bond donors (Lipinski definition) is 1. The third-order valence-corrected chi connectivity index (χ3v) is 4.32. The number of amides is 1. The van der Waals surface area contributed by atoms with Gasteiger partial charge in [-0.25, -0.2) is 5.43 Å². The Morgan fingerprint density at radius 2 is 1.69 bits per heavy atom. The Morgan fingerprint density at radius 3 is 2.45 bits per heavy atom.